The summed E-state index contributed by atoms with van der Waals surface area (Å²) in [7, 11) is -3.36. The van der Waals surface area contributed by atoms with E-state index in [1.165, 1.54) is 5.56 Å². The van der Waals surface area contributed by atoms with Crippen LogP contribution in [0.25, 0.3) is 0 Å². The predicted molar refractivity (Wildman–Crippen MR) is 109 cm³/mol. The van der Waals surface area contributed by atoms with Crippen LogP contribution in [0.3, 0.4) is 0 Å². The molecule has 3 heterocycles. The normalized spacial score (nSPS) is 19.2. The Morgan fingerprint density at radius 2 is 1.64 bits per heavy atom. The SMILES string of the molecule is O=S(=O)(c1ccc(N2CC[NH+](Cc3ccc(Cl)cc3)CC2)[nH+]c1)N1CCCC1. The molecule has 1 aromatic heterocycles. The second-order valence-electron chi connectivity index (χ2n) is 7.56. The second kappa shape index (κ2) is 8.37. The number of pyridine rings is 1. The monoisotopic (exact) mass is 422 g/mol. The molecule has 2 aromatic rings. The number of nitrogens with zero attached hydrogens (tertiary/aromatic N) is 2. The number of hydrogen-bond acceptors (Lipinski definition) is 3. The molecule has 0 radical (unpaired) electrons. The number of nitrogens with one attached hydrogen (secondary N) is 2. The molecule has 0 unspecified atom stereocenters. The lowest BCUT2D eigenvalue weighted by molar-refractivity contribution is -0.914. The molecule has 0 aliphatic carbocycles. The highest BCUT2D eigenvalue weighted by atomic mass is 35.5. The Bertz CT molecular complexity index is 889. The van der Waals surface area contributed by atoms with Gasteiger partial charge in [-0.15, -0.1) is 0 Å². The van der Waals surface area contributed by atoms with Crippen molar-refractivity contribution in [1.82, 2.24) is 4.31 Å². The first-order valence-electron chi connectivity index (χ1n) is 9.87. The van der Waals surface area contributed by atoms with Crippen LogP contribution in [0, 0.1) is 0 Å². The fourth-order valence-electron chi connectivity index (χ4n) is 3.97. The van der Waals surface area contributed by atoms with E-state index in [1.807, 2.05) is 18.2 Å². The van der Waals surface area contributed by atoms with E-state index in [-0.39, 0.29) is 0 Å². The van der Waals surface area contributed by atoms with Crippen molar-refractivity contribution in [2.45, 2.75) is 24.3 Å². The molecule has 0 saturated carbocycles. The van der Waals surface area contributed by atoms with Crippen LogP contribution in [0.1, 0.15) is 18.4 Å². The van der Waals surface area contributed by atoms with Crippen molar-refractivity contribution >= 4 is 27.4 Å². The summed E-state index contributed by atoms with van der Waals surface area (Å²) < 4.78 is 26.9. The lowest BCUT2D eigenvalue weighted by atomic mass is 10.2. The molecule has 2 fully saturated rings. The maximum Gasteiger partial charge on any atom is 0.274 e. The van der Waals surface area contributed by atoms with Gasteiger partial charge in [0.05, 0.1) is 0 Å². The molecule has 6 nitrogen and oxygen atoms in total. The van der Waals surface area contributed by atoms with Gasteiger partial charge in [0.15, 0.2) is 0 Å². The highest BCUT2D eigenvalue weighted by molar-refractivity contribution is 7.89. The highest BCUT2D eigenvalue weighted by Gasteiger charge is 2.30. The Kier molecular flexibility index (Phi) is 5.87. The van der Waals surface area contributed by atoms with Gasteiger partial charge in [-0.1, -0.05) is 23.7 Å². The van der Waals surface area contributed by atoms with E-state index in [0.29, 0.717) is 18.0 Å². The van der Waals surface area contributed by atoms with Gasteiger partial charge < -0.3 is 4.90 Å². The van der Waals surface area contributed by atoms with E-state index in [0.717, 1.165) is 56.4 Å². The fourth-order valence-corrected chi connectivity index (χ4v) is 5.58. The van der Waals surface area contributed by atoms with E-state index in [9.17, 15) is 8.42 Å². The van der Waals surface area contributed by atoms with E-state index < -0.39 is 10.0 Å². The van der Waals surface area contributed by atoms with E-state index in [1.54, 1.807) is 21.5 Å². The topological polar surface area (TPSA) is 59.2 Å². The van der Waals surface area contributed by atoms with Gasteiger partial charge in [-0.3, -0.25) is 4.90 Å². The number of H-pyrrole nitrogens is 1. The number of anilines is 1. The summed E-state index contributed by atoms with van der Waals surface area (Å²) in [4.78, 5) is 7.39. The standard InChI is InChI=1S/C20H25ClN4O2S/c21-18-5-3-17(4-6-18)16-23-11-13-24(14-12-23)20-8-7-19(15-22-20)28(26,27)25-9-1-2-10-25/h3-8,15H,1-2,9-14,16H2/p+2. The molecule has 0 atom stereocenters. The number of benzene rings is 1. The first kappa shape index (κ1) is 19.6. The van der Waals surface area contributed by atoms with Gasteiger partial charge in [0.25, 0.3) is 5.82 Å². The van der Waals surface area contributed by atoms with Crippen molar-refractivity contribution in [3.8, 4) is 0 Å². The number of halogens is 1. The molecule has 0 bridgehead atoms. The van der Waals surface area contributed by atoms with Gasteiger partial charge >= 0.3 is 0 Å². The van der Waals surface area contributed by atoms with Crippen LogP contribution in [-0.4, -0.2) is 52.0 Å². The lowest BCUT2D eigenvalue weighted by Crippen LogP contribution is -3.13. The van der Waals surface area contributed by atoms with Gasteiger partial charge in [0, 0.05) is 29.7 Å². The minimum atomic E-state index is -3.36. The third-order valence-electron chi connectivity index (χ3n) is 5.65. The van der Waals surface area contributed by atoms with Crippen molar-refractivity contribution in [2.75, 3.05) is 44.2 Å². The van der Waals surface area contributed by atoms with Crippen molar-refractivity contribution in [3.05, 3.63) is 53.2 Å². The summed E-state index contributed by atoms with van der Waals surface area (Å²) in [6.07, 6.45) is 3.53. The highest BCUT2D eigenvalue weighted by Crippen LogP contribution is 2.20. The largest absolute Gasteiger partial charge is 0.325 e. The molecule has 0 amide bonds. The van der Waals surface area contributed by atoms with Crippen LogP contribution in [0.4, 0.5) is 5.82 Å². The Hall–Kier alpha value is -1.67. The minimum absolute atomic E-state index is 0.352. The number of aromatic amines is 1. The van der Waals surface area contributed by atoms with Gasteiger partial charge in [0.2, 0.25) is 10.0 Å². The molecule has 4 rings (SSSR count). The first-order valence-corrected chi connectivity index (χ1v) is 11.7. The number of quaternary nitrogens is 1. The maximum absolute atomic E-state index is 12.6. The summed E-state index contributed by atoms with van der Waals surface area (Å²) in [5.74, 6) is 0.978. The summed E-state index contributed by atoms with van der Waals surface area (Å²) in [6, 6.07) is 11.7. The molecule has 28 heavy (non-hydrogen) atoms. The summed E-state index contributed by atoms with van der Waals surface area (Å²) in [5, 5.41) is 0.772. The van der Waals surface area contributed by atoms with E-state index in [4.69, 9.17) is 11.6 Å². The number of piperazine rings is 1. The second-order valence-corrected chi connectivity index (χ2v) is 9.94. The average molecular weight is 423 g/mol. The van der Waals surface area contributed by atoms with Gasteiger partial charge in [0.1, 0.15) is 43.8 Å². The minimum Gasteiger partial charge on any atom is -0.325 e. The molecule has 2 aliphatic heterocycles. The van der Waals surface area contributed by atoms with Crippen LogP contribution >= 0.6 is 11.6 Å². The van der Waals surface area contributed by atoms with Crippen LogP contribution < -0.4 is 14.8 Å². The third-order valence-corrected chi connectivity index (χ3v) is 7.80. The number of rotatable bonds is 5. The maximum atomic E-state index is 12.6. The lowest BCUT2D eigenvalue weighted by Gasteiger charge is -2.28. The zero-order chi connectivity index (χ0) is 19.6. The summed E-state index contributed by atoms with van der Waals surface area (Å²) in [6.45, 7) is 6.23. The Morgan fingerprint density at radius 1 is 0.964 bits per heavy atom. The smallest absolute Gasteiger partial charge is 0.274 e. The Balaban J connectivity index is 1.35. The zero-order valence-electron chi connectivity index (χ0n) is 15.9. The van der Waals surface area contributed by atoms with Crippen LogP contribution in [0.15, 0.2) is 47.5 Å². The van der Waals surface area contributed by atoms with Crippen LogP contribution in [0.2, 0.25) is 5.02 Å². The molecule has 150 valence electrons. The molecule has 2 saturated heterocycles. The average Bonchev–Trinajstić information content (AvgIpc) is 3.26. The number of hydrogen-bond donors (Lipinski definition) is 1. The molecule has 2 N–H and O–H groups in total. The van der Waals surface area contributed by atoms with Crippen molar-refractivity contribution in [1.29, 1.82) is 0 Å². The molecule has 1 aromatic carbocycles. The summed E-state index contributed by atoms with van der Waals surface area (Å²) in [5.41, 5.74) is 1.30. The van der Waals surface area contributed by atoms with E-state index >= 15 is 0 Å². The molecular formula is C20H27ClN4O2S+2. The number of aromatic nitrogens is 1. The van der Waals surface area contributed by atoms with Crippen molar-refractivity contribution in [2.24, 2.45) is 0 Å². The van der Waals surface area contributed by atoms with Gasteiger partial charge in [-0.2, -0.15) is 4.31 Å². The number of sulfonamides is 1. The third kappa shape index (κ3) is 4.33. The van der Waals surface area contributed by atoms with Gasteiger partial charge in [-0.05, 0) is 31.0 Å². The quantitative estimate of drug-likeness (QED) is 0.777. The first-order chi connectivity index (χ1) is 13.5. The van der Waals surface area contributed by atoms with Crippen molar-refractivity contribution < 1.29 is 18.3 Å². The summed E-state index contributed by atoms with van der Waals surface area (Å²) >= 11 is 5.96. The van der Waals surface area contributed by atoms with Crippen LogP contribution in [0.5, 0.6) is 0 Å². The Labute approximate surface area is 171 Å². The van der Waals surface area contributed by atoms with Gasteiger partial charge in [-0.25, -0.2) is 13.4 Å². The molecule has 2 aliphatic rings. The van der Waals surface area contributed by atoms with E-state index in [2.05, 4.69) is 22.0 Å². The van der Waals surface area contributed by atoms with Crippen LogP contribution in [-0.2, 0) is 16.6 Å². The zero-order valence-corrected chi connectivity index (χ0v) is 17.5. The predicted octanol–water partition coefficient (Wildman–Crippen LogP) is 0.844. The molecular weight excluding hydrogens is 396 g/mol. The fraction of sp³-hybridized carbons (Fsp3) is 0.450. The molecule has 8 heteroatoms. The van der Waals surface area contributed by atoms with Crippen molar-refractivity contribution in [3.63, 3.8) is 0 Å². The Morgan fingerprint density at radius 3 is 2.25 bits per heavy atom. The molecule has 0 spiro atoms.